The van der Waals surface area contributed by atoms with Gasteiger partial charge in [0.25, 0.3) is 0 Å². The molecule has 4 N–H and O–H groups in total. The number of hydrogen-bond donors (Lipinski definition) is 2. The number of ether oxygens (including phenoxy) is 4. The molecule has 0 unspecified atom stereocenters. The molecule has 0 atom stereocenters. The van der Waals surface area contributed by atoms with Crippen molar-refractivity contribution in [3.05, 3.63) is 47.0 Å². The van der Waals surface area contributed by atoms with Crippen LogP contribution < -0.4 is 20.9 Å². The first-order valence-corrected chi connectivity index (χ1v) is 8.25. The van der Waals surface area contributed by atoms with Crippen molar-refractivity contribution in [1.82, 2.24) is 0 Å². The molecule has 2 rings (SSSR count). The summed E-state index contributed by atoms with van der Waals surface area (Å²) in [6.07, 6.45) is 0.635. The van der Waals surface area contributed by atoms with Crippen molar-refractivity contribution in [2.45, 2.75) is 13.3 Å². The second-order valence-electron chi connectivity index (χ2n) is 5.53. The molecule has 2 aromatic rings. The predicted molar refractivity (Wildman–Crippen MR) is 105 cm³/mol. The number of nitrogens with two attached hydrogens (primary N) is 2. The van der Waals surface area contributed by atoms with Gasteiger partial charge in [-0.15, -0.1) is 0 Å². The number of benzene rings is 2. The Balaban J connectivity index is 2.93. The van der Waals surface area contributed by atoms with Gasteiger partial charge in [0.1, 0.15) is 0 Å². The molecule has 0 saturated heterocycles. The maximum atomic E-state index is 6.46. The third-order valence-corrected chi connectivity index (χ3v) is 4.24. The van der Waals surface area contributed by atoms with Gasteiger partial charge in [0.15, 0.2) is 23.0 Å². The zero-order valence-electron chi connectivity index (χ0n) is 15.9. The van der Waals surface area contributed by atoms with E-state index in [9.17, 15) is 0 Å². The molecule has 0 saturated carbocycles. The van der Waals surface area contributed by atoms with E-state index in [1.165, 1.54) is 14.2 Å². The first kappa shape index (κ1) is 19.3. The Morgan fingerprint density at radius 2 is 1.38 bits per heavy atom. The summed E-state index contributed by atoms with van der Waals surface area (Å²) in [7, 11) is 6.22. The normalized spacial score (nSPS) is 11.6. The molecule has 0 fully saturated rings. The molecule has 0 aliphatic heterocycles. The molecule has 0 bridgehead atoms. The smallest absolute Gasteiger partial charge is 0.184 e. The molecule has 0 aliphatic carbocycles. The largest absolute Gasteiger partial charge is 0.492 e. The van der Waals surface area contributed by atoms with Crippen LogP contribution in [0.5, 0.6) is 11.5 Å². The van der Waals surface area contributed by atoms with Crippen LogP contribution in [0, 0.1) is 0 Å². The number of methoxy groups -OCH3 is 4. The van der Waals surface area contributed by atoms with E-state index in [1.54, 1.807) is 14.2 Å². The molecule has 0 aliphatic rings. The molecule has 6 nitrogen and oxygen atoms in total. The zero-order chi connectivity index (χ0) is 19.3. The van der Waals surface area contributed by atoms with Crippen LogP contribution in [0.2, 0.25) is 0 Å². The lowest BCUT2D eigenvalue weighted by Gasteiger charge is -2.23. The summed E-state index contributed by atoms with van der Waals surface area (Å²) in [5.74, 6) is 1.81. The molecular weight excluding hydrogens is 332 g/mol. The summed E-state index contributed by atoms with van der Waals surface area (Å²) in [5.41, 5.74) is 15.8. The van der Waals surface area contributed by atoms with E-state index in [1.807, 2.05) is 37.3 Å². The first-order valence-electron chi connectivity index (χ1n) is 8.25. The summed E-state index contributed by atoms with van der Waals surface area (Å²) in [6, 6.07) is 9.62. The Hall–Kier alpha value is -3.02. The van der Waals surface area contributed by atoms with Crippen LogP contribution in [0.1, 0.15) is 23.6 Å². The van der Waals surface area contributed by atoms with Gasteiger partial charge in [-0.1, -0.05) is 37.3 Å². The van der Waals surface area contributed by atoms with Crippen molar-refractivity contribution in [2.24, 2.45) is 0 Å². The van der Waals surface area contributed by atoms with Crippen molar-refractivity contribution in [2.75, 3.05) is 39.9 Å². The Bertz CT molecular complexity index is 801. The van der Waals surface area contributed by atoms with E-state index in [-0.39, 0.29) is 0 Å². The van der Waals surface area contributed by atoms with Crippen LogP contribution in [0.4, 0.5) is 11.4 Å². The van der Waals surface area contributed by atoms with Gasteiger partial charge in [-0.2, -0.15) is 0 Å². The van der Waals surface area contributed by atoms with Gasteiger partial charge in [0, 0.05) is 11.1 Å². The lowest BCUT2D eigenvalue weighted by Crippen LogP contribution is -2.10. The molecular formula is C20H26N2O4. The summed E-state index contributed by atoms with van der Waals surface area (Å²) >= 11 is 0. The summed E-state index contributed by atoms with van der Waals surface area (Å²) in [5, 5.41) is 0. The van der Waals surface area contributed by atoms with Crippen molar-refractivity contribution in [3.63, 3.8) is 0 Å². The summed E-state index contributed by atoms with van der Waals surface area (Å²) in [6.45, 7) is 1.97. The van der Waals surface area contributed by atoms with Crippen molar-refractivity contribution < 1.29 is 18.9 Å². The van der Waals surface area contributed by atoms with Gasteiger partial charge < -0.3 is 30.4 Å². The van der Waals surface area contributed by atoms with E-state index in [4.69, 9.17) is 30.4 Å². The van der Waals surface area contributed by atoms with E-state index >= 15 is 0 Å². The molecule has 140 valence electrons. The summed E-state index contributed by atoms with van der Waals surface area (Å²) in [4.78, 5) is 0. The highest BCUT2D eigenvalue weighted by Crippen LogP contribution is 2.48. The molecule has 6 heteroatoms. The molecule has 0 radical (unpaired) electrons. The minimum Gasteiger partial charge on any atom is -0.492 e. The van der Waals surface area contributed by atoms with Crippen LogP contribution in [-0.2, 0) is 15.9 Å². The fourth-order valence-corrected chi connectivity index (χ4v) is 3.03. The highest BCUT2D eigenvalue weighted by Gasteiger charge is 2.27. The number of anilines is 2. The average molecular weight is 358 g/mol. The molecule has 0 heterocycles. The monoisotopic (exact) mass is 358 g/mol. The fourth-order valence-electron chi connectivity index (χ4n) is 3.03. The quantitative estimate of drug-likeness (QED) is 0.447. The van der Waals surface area contributed by atoms with Crippen LogP contribution in [0.15, 0.2) is 30.3 Å². The van der Waals surface area contributed by atoms with Crippen molar-refractivity contribution in [1.29, 1.82) is 0 Å². The lowest BCUT2D eigenvalue weighted by molar-refractivity contribution is 0.322. The Morgan fingerprint density at radius 1 is 0.808 bits per heavy atom. The number of hydrogen-bond acceptors (Lipinski definition) is 6. The average Bonchev–Trinajstić information content (AvgIpc) is 2.67. The third-order valence-electron chi connectivity index (χ3n) is 4.24. The molecule has 26 heavy (non-hydrogen) atoms. The molecule has 0 spiro atoms. The maximum Gasteiger partial charge on any atom is 0.184 e. The zero-order valence-corrected chi connectivity index (χ0v) is 15.9. The van der Waals surface area contributed by atoms with E-state index in [0.29, 0.717) is 46.4 Å². The SMILES string of the molecule is CCc1c(N)c(OC)c(OC)c(C(OC)=C(OC)c2ccccc2)c1N. The Labute approximate surface area is 154 Å². The van der Waals surface area contributed by atoms with Crippen LogP contribution in [0.3, 0.4) is 0 Å². The molecule has 0 amide bonds. The highest BCUT2D eigenvalue weighted by atomic mass is 16.5. The summed E-state index contributed by atoms with van der Waals surface area (Å²) < 4.78 is 22.4. The standard InChI is InChI=1S/C20H26N2O4/c1-6-13-15(21)14(19(25-4)20(26-5)16(13)22)18(24-3)17(23-2)12-10-8-7-9-11-12/h7-11H,6,21-22H2,1-5H3. The van der Waals surface area contributed by atoms with E-state index < -0.39 is 0 Å². The first-order chi connectivity index (χ1) is 12.5. The minimum atomic E-state index is 0.405. The van der Waals surface area contributed by atoms with Gasteiger partial charge in [-0.05, 0) is 6.42 Å². The second-order valence-corrected chi connectivity index (χ2v) is 5.53. The number of rotatable bonds is 7. The topological polar surface area (TPSA) is 89.0 Å². The lowest BCUT2D eigenvalue weighted by atomic mass is 9.97. The van der Waals surface area contributed by atoms with E-state index in [2.05, 4.69) is 0 Å². The fraction of sp³-hybridized carbons (Fsp3) is 0.300. The minimum absolute atomic E-state index is 0.405. The van der Waals surface area contributed by atoms with Crippen LogP contribution >= 0.6 is 0 Å². The van der Waals surface area contributed by atoms with Gasteiger partial charge in [-0.3, -0.25) is 0 Å². The van der Waals surface area contributed by atoms with Gasteiger partial charge in [-0.25, -0.2) is 0 Å². The number of nitrogen functional groups attached to an aromatic ring is 2. The predicted octanol–water partition coefficient (Wildman–Crippen LogP) is 3.55. The van der Waals surface area contributed by atoms with Crippen molar-refractivity contribution in [3.8, 4) is 11.5 Å². The van der Waals surface area contributed by atoms with Crippen LogP contribution in [-0.4, -0.2) is 28.4 Å². The Kier molecular flexibility index (Phi) is 6.22. The molecule has 0 aromatic heterocycles. The third kappa shape index (κ3) is 3.22. The molecule has 2 aromatic carbocycles. The van der Waals surface area contributed by atoms with E-state index in [0.717, 1.165) is 11.1 Å². The van der Waals surface area contributed by atoms with Gasteiger partial charge in [0.2, 0.25) is 0 Å². The second kappa shape index (κ2) is 8.38. The van der Waals surface area contributed by atoms with Crippen LogP contribution in [0.25, 0.3) is 11.5 Å². The maximum absolute atomic E-state index is 6.46. The Morgan fingerprint density at radius 3 is 1.85 bits per heavy atom. The highest BCUT2D eigenvalue weighted by molar-refractivity contribution is 5.94. The van der Waals surface area contributed by atoms with Crippen molar-refractivity contribution >= 4 is 22.9 Å². The van der Waals surface area contributed by atoms with Gasteiger partial charge in [0.05, 0.1) is 45.4 Å². The van der Waals surface area contributed by atoms with Gasteiger partial charge >= 0.3 is 0 Å².